The molecule has 0 aromatic carbocycles. The molecule has 2 aromatic rings. The van der Waals surface area contributed by atoms with Gasteiger partial charge >= 0.3 is 6.18 Å². The minimum Gasteiger partial charge on any atom is -0.467 e. The Morgan fingerprint density at radius 2 is 2.22 bits per heavy atom. The number of anilines is 1. The lowest BCUT2D eigenvalue weighted by Gasteiger charge is -2.16. The van der Waals surface area contributed by atoms with Crippen LogP contribution in [0.15, 0.2) is 35.1 Å². The van der Waals surface area contributed by atoms with Crippen LogP contribution < -0.4 is 10.6 Å². The van der Waals surface area contributed by atoms with E-state index in [1.807, 2.05) is 0 Å². The maximum Gasteiger partial charge on any atom is 0.417 e. The van der Waals surface area contributed by atoms with Gasteiger partial charge in [0.2, 0.25) is 5.91 Å². The summed E-state index contributed by atoms with van der Waals surface area (Å²) < 4.78 is 42.7. The number of carbonyl (C=O) groups is 1. The molecule has 1 atom stereocenters. The van der Waals surface area contributed by atoms with Gasteiger partial charge in [-0.3, -0.25) is 4.79 Å². The first-order valence-electron chi connectivity index (χ1n) is 6.56. The van der Waals surface area contributed by atoms with Crippen molar-refractivity contribution in [1.29, 1.82) is 0 Å². The van der Waals surface area contributed by atoms with Crippen LogP contribution >= 0.6 is 11.6 Å². The summed E-state index contributed by atoms with van der Waals surface area (Å²) in [6, 6.07) is 3.40. The lowest BCUT2D eigenvalue weighted by Crippen LogP contribution is -2.37. The quantitative estimate of drug-likeness (QED) is 0.869. The number of rotatable bonds is 5. The van der Waals surface area contributed by atoms with Crippen LogP contribution in [-0.2, 0) is 17.5 Å². The van der Waals surface area contributed by atoms with Crippen LogP contribution in [0, 0.1) is 0 Å². The van der Waals surface area contributed by atoms with Gasteiger partial charge in [-0.15, -0.1) is 0 Å². The van der Waals surface area contributed by atoms with E-state index in [1.165, 1.54) is 13.2 Å². The number of aromatic nitrogens is 1. The molecule has 0 aliphatic carbocycles. The highest BCUT2D eigenvalue weighted by Crippen LogP contribution is 2.32. The first-order chi connectivity index (χ1) is 10.8. The number of hydrogen-bond acceptors (Lipinski definition) is 4. The number of nitrogens with one attached hydrogen (secondary N) is 2. The minimum absolute atomic E-state index is 0.000292. The molecule has 0 aliphatic rings. The Kier molecular flexibility index (Phi) is 5.15. The van der Waals surface area contributed by atoms with Crippen molar-refractivity contribution < 1.29 is 22.4 Å². The monoisotopic (exact) mass is 347 g/mol. The van der Waals surface area contributed by atoms with Crippen LogP contribution in [0.1, 0.15) is 18.2 Å². The van der Waals surface area contributed by atoms with Gasteiger partial charge in [0.25, 0.3) is 0 Å². The van der Waals surface area contributed by atoms with Gasteiger partial charge in [-0.05, 0) is 25.1 Å². The number of alkyl halides is 3. The van der Waals surface area contributed by atoms with E-state index in [-0.39, 0.29) is 23.3 Å². The molecule has 124 valence electrons. The average molecular weight is 348 g/mol. The average Bonchev–Trinajstić information content (AvgIpc) is 2.99. The van der Waals surface area contributed by atoms with Gasteiger partial charge in [-0.2, -0.15) is 13.2 Å². The Morgan fingerprint density at radius 3 is 2.78 bits per heavy atom. The predicted molar refractivity (Wildman–Crippen MR) is 77.9 cm³/mol. The minimum atomic E-state index is -4.53. The van der Waals surface area contributed by atoms with Crippen molar-refractivity contribution in [1.82, 2.24) is 10.3 Å². The smallest absolute Gasteiger partial charge is 0.417 e. The van der Waals surface area contributed by atoms with Gasteiger partial charge in [0.05, 0.1) is 23.4 Å². The summed E-state index contributed by atoms with van der Waals surface area (Å²) in [4.78, 5) is 15.5. The largest absolute Gasteiger partial charge is 0.467 e. The fourth-order valence-corrected chi connectivity index (χ4v) is 1.93. The summed E-state index contributed by atoms with van der Waals surface area (Å²) in [5.41, 5.74) is -0.956. The number of halogens is 4. The maximum atomic E-state index is 12.5. The molecular formula is C14H13ClF3N3O2. The van der Waals surface area contributed by atoms with Crippen LogP contribution in [0.5, 0.6) is 0 Å². The number of furan rings is 1. The molecule has 0 bridgehead atoms. The Morgan fingerprint density at radius 1 is 1.48 bits per heavy atom. The molecule has 0 saturated heterocycles. The van der Waals surface area contributed by atoms with Crippen LogP contribution in [0.25, 0.3) is 0 Å². The van der Waals surface area contributed by atoms with Gasteiger partial charge in [-0.1, -0.05) is 11.6 Å². The van der Waals surface area contributed by atoms with E-state index in [4.69, 9.17) is 16.0 Å². The molecule has 23 heavy (non-hydrogen) atoms. The zero-order chi connectivity index (χ0) is 17.0. The SMILES string of the molecule is CC(Nc1ncc(C(F)(F)F)cc1Cl)C(=O)NCc1ccco1. The number of amides is 1. The Bertz CT molecular complexity index is 674. The van der Waals surface area contributed by atoms with E-state index in [0.29, 0.717) is 12.0 Å². The zero-order valence-corrected chi connectivity index (χ0v) is 12.7. The van der Waals surface area contributed by atoms with E-state index >= 15 is 0 Å². The fraction of sp³-hybridized carbons (Fsp3) is 0.286. The van der Waals surface area contributed by atoms with Gasteiger partial charge in [-0.25, -0.2) is 4.98 Å². The second-order valence-electron chi connectivity index (χ2n) is 4.72. The van der Waals surface area contributed by atoms with Crippen LogP contribution in [-0.4, -0.2) is 16.9 Å². The molecule has 5 nitrogen and oxygen atoms in total. The molecule has 1 unspecified atom stereocenters. The standard InChI is InChI=1S/C14H13ClF3N3O2/c1-8(13(22)20-7-10-3-2-4-23-10)21-12-11(15)5-9(6-19-12)14(16,17)18/h2-6,8H,7H2,1H3,(H,19,21)(H,20,22). The van der Waals surface area contributed by atoms with E-state index in [9.17, 15) is 18.0 Å². The maximum absolute atomic E-state index is 12.5. The summed E-state index contributed by atoms with van der Waals surface area (Å²) in [5.74, 6) is 0.204. The molecule has 2 aromatic heterocycles. The zero-order valence-electron chi connectivity index (χ0n) is 11.9. The molecule has 1 amide bonds. The lowest BCUT2D eigenvalue weighted by atomic mass is 10.2. The molecule has 0 radical (unpaired) electrons. The molecule has 9 heteroatoms. The summed E-state index contributed by atoms with van der Waals surface area (Å²) >= 11 is 5.77. The molecule has 2 N–H and O–H groups in total. The van der Waals surface area contributed by atoms with Gasteiger partial charge in [0, 0.05) is 6.20 Å². The topological polar surface area (TPSA) is 67.2 Å². The highest BCUT2D eigenvalue weighted by atomic mass is 35.5. The highest BCUT2D eigenvalue weighted by Gasteiger charge is 2.31. The van der Waals surface area contributed by atoms with Crippen molar-refractivity contribution in [3.63, 3.8) is 0 Å². The second kappa shape index (κ2) is 6.91. The number of nitrogens with zero attached hydrogens (tertiary/aromatic N) is 1. The normalized spacial score (nSPS) is 12.7. The first kappa shape index (κ1) is 17.1. The third-order valence-corrected chi connectivity index (χ3v) is 3.22. The second-order valence-corrected chi connectivity index (χ2v) is 5.12. The van der Waals surface area contributed by atoms with Crippen LogP contribution in [0.2, 0.25) is 5.02 Å². The van der Waals surface area contributed by atoms with E-state index < -0.39 is 17.8 Å². The number of pyridine rings is 1. The summed E-state index contributed by atoms with van der Waals surface area (Å²) in [6.07, 6.45) is -2.39. The predicted octanol–water partition coefficient (Wildman–Crippen LogP) is 3.46. The third-order valence-electron chi connectivity index (χ3n) is 2.93. The molecule has 2 rings (SSSR count). The molecule has 0 saturated carbocycles. The lowest BCUT2D eigenvalue weighted by molar-refractivity contribution is -0.137. The first-order valence-corrected chi connectivity index (χ1v) is 6.94. The van der Waals surface area contributed by atoms with Gasteiger partial charge in [0.1, 0.15) is 17.6 Å². The highest BCUT2D eigenvalue weighted by molar-refractivity contribution is 6.33. The van der Waals surface area contributed by atoms with Crippen molar-refractivity contribution in [3.8, 4) is 0 Å². The third kappa shape index (κ3) is 4.62. The fourth-order valence-electron chi connectivity index (χ4n) is 1.71. The van der Waals surface area contributed by atoms with E-state index in [2.05, 4.69) is 15.6 Å². The van der Waals surface area contributed by atoms with Crippen molar-refractivity contribution in [2.45, 2.75) is 25.7 Å². The van der Waals surface area contributed by atoms with E-state index in [1.54, 1.807) is 12.1 Å². The van der Waals surface area contributed by atoms with Crippen LogP contribution in [0.3, 0.4) is 0 Å². The van der Waals surface area contributed by atoms with Gasteiger partial charge in [0.15, 0.2) is 0 Å². The van der Waals surface area contributed by atoms with E-state index in [0.717, 1.165) is 6.07 Å². The Hall–Kier alpha value is -2.22. The van der Waals surface area contributed by atoms with Crippen molar-refractivity contribution in [2.75, 3.05) is 5.32 Å². The van der Waals surface area contributed by atoms with Crippen molar-refractivity contribution in [2.24, 2.45) is 0 Å². The van der Waals surface area contributed by atoms with Crippen molar-refractivity contribution in [3.05, 3.63) is 47.0 Å². The molecule has 0 fully saturated rings. The summed E-state index contributed by atoms with van der Waals surface area (Å²) in [6.45, 7) is 1.74. The Balaban J connectivity index is 1.96. The number of hydrogen-bond donors (Lipinski definition) is 2. The summed E-state index contributed by atoms with van der Waals surface area (Å²) in [5, 5.41) is 5.06. The molecular weight excluding hydrogens is 335 g/mol. The Labute approximate surface area is 134 Å². The molecule has 0 spiro atoms. The summed E-state index contributed by atoms with van der Waals surface area (Å²) in [7, 11) is 0. The van der Waals surface area contributed by atoms with Crippen LogP contribution in [0.4, 0.5) is 19.0 Å². The number of carbonyl (C=O) groups excluding carboxylic acids is 1. The molecule has 2 heterocycles. The van der Waals surface area contributed by atoms with Gasteiger partial charge < -0.3 is 15.1 Å². The molecule has 0 aliphatic heterocycles. The van der Waals surface area contributed by atoms with Crippen molar-refractivity contribution >= 4 is 23.3 Å².